The van der Waals surface area contributed by atoms with E-state index in [0.717, 1.165) is 43.2 Å². The molecule has 2 saturated carbocycles. The first-order chi connectivity index (χ1) is 18.1. The van der Waals surface area contributed by atoms with E-state index in [1.165, 1.54) is 0 Å². The molecule has 8 nitrogen and oxygen atoms in total. The second kappa shape index (κ2) is 9.07. The zero-order valence-corrected chi connectivity index (χ0v) is 21.9. The number of carbonyl (C=O) groups excluding carboxylic acids is 1. The van der Waals surface area contributed by atoms with Crippen LogP contribution in [0.5, 0.6) is 0 Å². The molecule has 0 unspecified atom stereocenters. The topological polar surface area (TPSA) is 106 Å². The summed E-state index contributed by atoms with van der Waals surface area (Å²) in [4.78, 5) is 21.1. The highest BCUT2D eigenvalue weighted by Gasteiger charge is 2.32. The van der Waals surface area contributed by atoms with Crippen LogP contribution < -0.4 is 5.32 Å². The van der Waals surface area contributed by atoms with Crippen LogP contribution in [-0.4, -0.2) is 47.4 Å². The van der Waals surface area contributed by atoms with E-state index in [4.69, 9.17) is 0 Å². The molecule has 1 N–H and O–H groups in total. The van der Waals surface area contributed by atoms with Crippen LogP contribution in [0.25, 0.3) is 11.1 Å². The first-order valence-electron chi connectivity index (χ1n) is 12.6. The Morgan fingerprint density at radius 1 is 1.16 bits per heavy atom. The molecule has 3 aliphatic rings. The molecule has 2 aromatic heterocycles. The summed E-state index contributed by atoms with van der Waals surface area (Å²) in [6.45, 7) is 1.97. The number of aromatic nitrogens is 3. The lowest BCUT2D eigenvalue weighted by Crippen LogP contribution is -2.11. The molecule has 2 aliphatic carbocycles. The van der Waals surface area contributed by atoms with Crippen molar-refractivity contribution in [3.8, 4) is 11.1 Å². The number of rotatable bonds is 9. The zero-order valence-electron chi connectivity index (χ0n) is 21.0. The minimum absolute atomic E-state index is 0.0337. The molecular formula is C27H27F2N5O3S. The predicted molar refractivity (Wildman–Crippen MR) is 140 cm³/mol. The largest absolute Gasteiger partial charge is 0.353 e. The molecule has 0 radical (unpaired) electrons. The number of nitrogens with one attached hydrogen (secondary N) is 1. The van der Waals surface area contributed by atoms with Crippen LogP contribution in [0.2, 0.25) is 0 Å². The molecule has 6 rings (SSSR count). The summed E-state index contributed by atoms with van der Waals surface area (Å²) in [6.07, 6.45) is 4.00. The van der Waals surface area contributed by atoms with Crippen molar-refractivity contribution < 1.29 is 22.0 Å². The van der Waals surface area contributed by atoms with Gasteiger partial charge in [0.05, 0.1) is 45.6 Å². The van der Waals surface area contributed by atoms with Crippen LogP contribution in [0.3, 0.4) is 0 Å². The van der Waals surface area contributed by atoms with Gasteiger partial charge in [0.1, 0.15) is 11.5 Å². The van der Waals surface area contributed by atoms with Gasteiger partial charge in [-0.05, 0) is 56.4 Å². The van der Waals surface area contributed by atoms with Crippen molar-refractivity contribution >= 4 is 38.4 Å². The Morgan fingerprint density at radius 3 is 2.58 bits per heavy atom. The Hall–Kier alpha value is -3.47. The van der Waals surface area contributed by atoms with Gasteiger partial charge in [-0.2, -0.15) is 5.10 Å². The van der Waals surface area contributed by atoms with E-state index in [9.17, 15) is 22.0 Å². The van der Waals surface area contributed by atoms with Gasteiger partial charge in [0.2, 0.25) is 0 Å². The lowest BCUT2D eigenvalue weighted by atomic mass is 10.1. The van der Waals surface area contributed by atoms with E-state index in [0.29, 0.717) is 28.7 Å². The lowest BCUT2D eigenvalue weighted by molar-refractivity contribution is -0.119. The molecule has 2 fully saturated rings. The fourth-order valence-corrected chi connectivity index (χ4v) is 5.79. The number of pyridine rings is 1. The van der Waals surface area contributed by atoms with Gasteiger partial charge in [0.15, 0.2) is 9.84 Å². The summed E-state index contributed by atoms with van der Waals surface area (Å²) in [5.41, 5.74) is 3.92. The standard InChI is InChI=1S/C27H27F2N5O3S/c1-14-19(13-30-34(14)18-6-7-18)16-5-8-20(25(9-16)38(2,36)37)32-21-10-17(11-24(35)15-3-4-15)31-22-12-23(27(28)29)33-26(21)22/h5,8-10,13,15,18,27H,3-4,6-7,11-12H2,1-2H3,(H,31,32). The van der Waals surface area contributed by atoms with Gasteiger partial charge in [0, 0.05) is 36.3 Å². The highest BCUT2D eigenvalue weighted by molar-refractivity contribution is 7.90. The Labute approximate surface area is 219 Å². The molecule has 0 atom stereocenters. The maximum Gasteiger partial charge on any atom is 0.277 e. The highest BCUT2D eigenvalue weighted by atomic mass is 32.2. The Bertz CT molecular complexity index is 1600. The summed E-state index contributed by atoms with van der Waals surface area (Å²) in [7, 11) is -3.68. The number of hydrogen-bond acceptors (Lipinski definition) is 7. The number of benzene rings is 1. The molecule has 0 spiro atoms. The summed E-state index contributed by atoms with van der Waals surface area (Å²) >= 11 is 0. The molecule has 3 aromatic rings. The molecule has 0 amide bonds. The molecule has 1 aromatic carbocycles. The first-order valence-corrected chi connectivity index (χ1v) is 14.5. The van der Waals surface area contributed by atoms with Crippen LogP contribution in [0.1, 0.15) is 48.8 Å². The summed E-state index contributed by atoms with van der Waals surface area (Å²) < 4.78 is 54.7. The average molecular weight is 540 g/mol. The van der Waals surface area contributed by atoms with Crippen LogP contribution in [-0.2, 0) is 27.5 Å². The Kier molecular flexibility index (Phi) is 5.93. The van der Waals surface area contributed by atoms with Gasteiger partial charge in [-0.1, -0.05) is 6.07 Å². The Morgan fingerprint density at radius 2 is 1.92 bits per heavy atom. The fourth-order valence-electron chi connectivity index (χ4n) is 4.93. The van der Waals surface area contributed by atoms with Crippen LogP contribution >= 0.6 is 0 Å². The number of Topliss-reactive ketones (excluding diaryl/α,β-unsaturated/α-hetero) is 1. The monoisotopic (exact) mass is 539 g/mol. The molecule has 1 aliphatic heterocycles. The quantitative estimate of drug-likeness (QED) is 0.403. The van der Waals surface area contributed by atoms with E-state index in [-0.39, 0.29) is 46.5 Å². The number of alkyl halides is 2. The number of halogens is 2. The third-order valence-corrected chi connectivity index (χ3v) is 8.40. The summed E-state index contributed by atoms with van der Waals surface area (Å²) in [5, 5.41) is 7.61. The summed E-state index contributed by atoms with van der Waals surface area (Å²) in [5.74, 6) is 0.103. The number of ketones is 1. The van der Waals surface area contributed by atoms with Crippen molar-refractivity contribution in [2.75, 3.05) is 11.6 Å². The van der Waals surface area contributed by atoms with Crippen LogP contribution in [0, 0.1) is 12.8 Å². The highest BCUT2D eigenvalue weighted by Crippen LogP contribution is 2.41. The smallest absolute Gasteiger partial charge is 0.277 e. The second-order valence-electron chi connectivity index (χ2n) is 10.4. The molecule has 11 heteroatoms. The zero-order chi connectivity index (χ0) is 26.8. The van der Waals surface area contributed by atoms with E-state index >= 15 is 0 Å². The molecule has 0 bridgehead atoms. The maximum absolute atomic E-state index is 13.5. The van der Waals surface area contributed by atoms with E-state index in [1.54, 1.807) is 24.4 Å². The van der Waals surface area contributed by atoms with E-state index < -0.39 is 16.3 Å². The number of fused-ring (bicyclic) bond motifs is 1. The third kappa shape index (κ3) is 4.75. The van der Waals surface area contributed by atoms with E-state index in [1.807, 2.05) is 17.7 Å². The molecule has 198 valence electrons. The van der Waals surface area contributed by atoms with Gasteiger partial charge < -0.3 is 5.32 Å². The van der Waals surface area contributed by atoms with Crippen LogP contribution in [0.4, 0.5) is 25.8 Å². The number of carbonyl (C=O) groups is 1. The molecular weight excluding hydrogens is 512 g/mol. The van der Waals surface area contributed by atoms with Crippen molar-refractivity contribution in [1.82, 2.24) is 14.8 Å². The van der Waals surface area contributed by atoms with Crippen molar-refractivity contribution in [2.24, 2.45) is 10.9 Å². The second-order valence-corrected chi connectivity index (χ2v) is 12.4. The van der Waals surface area contributed by atoms with Crippen molar-refractivity contribution in [3.63, 3.8) is 0 Å². The number of aliphatic imine (C=N–C) groups is 1. The van der Waals surface area contributed by atoms with E-state index in [2.05, 4.69) is 20.4 Å². The van der Waals surface area contributed by atoms with Gasteiger partial charge in [0.25, 0.3) is 6.43 Å². The number of sulfone groups is 1. The number of nitrogens with zero attached hydrogens (tertiary/aromatic N) is 4. The maximum atomic E-state index is 13.5. The predicted octanol–water partition coefficient (Wildman–Crippen LogP) is 5.15. The van der Waals surface area contributed by atoms with Crippen molar-refractivity contribution in [2.45, 2.75) is 62.8 Å². The Balaban J connectivity index is 1.40. The minimum Gasteiger partial charge on any atom is -0.353 e. The molecule has 0 saturated heterocycles. The number of hydrogen-bond donors (Lipinski definition) is 1. The fraction of sp³-hybridized carbons (Fsp3) is 0.407. The third-order valence-electron chi connectivity index (χ3n) is 7.26. The van der Waals surface area contributed by atoms with Crippen molar-refractivity contribution in [3.05, 3.63) is 47.5 Å². The normalized spacial score (nSPS) is 17.0. The minimum atomic E-state index is -3.68. The molecule has 3 heterocycles. The summed E-state index contributed by atoms with van der Waals surface area (Å²) in [6, 6.07) is 7.08. The number of anilines is 2. The van der Waals surface area contributed by atoms with Crippen molar-refractivity contribution in [1.29, 1.82) is 0 Å². The van der Waals surface area contributed by atoms with Crippen LogP contribution in [0.15, 0.2) is 40.4 Å². The van der Waals surface area contributed by atoms with Gasteiger partial charge in [-0.15, -0.1) is 0 Å². The molecule has 38 heavy (non-hydrogen) atoms. The SMILES string of the molecule is Cc1c(-c2ccc(Nc3cc(CC(=O)C4CC4)nc4c3N=C(C(F)F)C4)c(S(C)(=O)=O)c2)cnn1C1CC1. The first kappa shape index (κ1) is 24.8. The van der Waals surface area contributed by atoms with Gasteiger partial charge >= 0.3 is 0 Å². The lowest BCUT2D eigenvalue weighted by Gasteiger charge is -2.16. The average Bonchev–Trinajstić information content (AvgIpc) is 3.79. The van der Waals surface area contributed by atoms with Gasteiger partial charge in [-0.25, -0.2) is 22.2 Å². The van der Waals surface area contributed by atoms with Gasteiger partial charge in [-0.3, -0.25) is 14.5 Å².